The molecular weight excluding hydrogens is 294 g/mol. The molecule has 22 heavy (non-hydrogen) atoms. The van der Waals surface area contributed by atoms with E-state index >= 15 is 0 Å². The zero-order valence-electron chi connectivity index (χ0n) is 15.3. The Morgan fingerprint density at radius 1 is 1.23 bits per heavy atom. The second kappa shape index (κ2) is 10.2. The monoisotopic (exact) mass is 329 g/mol. The molecule has 0 spiro atoms. The highest BCUT2D eigenvalue weighted by molar-refractivity contribution is 6.74. The van der Waals surface area contributed by atoms with E-state index < -0.39 is 8.32 Å². The molecule has 5 heteroatoms. The van der Waals surface area contributed by atoms with E-state index in [1.54, 1.807) is 0 Å². The molecule has 0 aliphatic rings. The van der Waals surface area contributed by atoms with Crippen molar-refractivity contribution >= 4 is 20.5 Å². The minimum absolute atomic E-state index is 0.0294. The fraction of sp³-hybridized carbons (Fsp3) is 0.882. The molecule has 0 radical (unpaired) electrons. The molecule has 130 valence electrons. The third kappa shape index (κ3) is 8.69. The molecule has 0 aromatic rings. The van der Waals surface area contributed by atoms with Crippen molar-refractivity contribution in [1.29, 1.82) is 0 Å². The minimum atomic E-state index is -1.85. The standard InChI is InChI=1S/C17H35NO3Si/c1-7-8-9-10-11-16(20)18-15(12-13-19)14-21-22(5,6)17(2,3)4/h13,15H,7-12,14H2,1-6H3,(H,18,20)/t15-/m0/s1. The molecule has 0 aromatic heterocycles. The summed E-state index contributed by atoms with van der Waals surface area (Å²) >= 11 is 0. The summed E-state index contributed by atoms with van der Waals surface area (Å²) in [5, 5.41) is 3.07. The van der Waals surface area contributed by atoms with Crippen molar-refractivity contribution in [1.82, 2.24) is 5.32 Å². The summed E-state index contributed by atoms with van der Waals surface area (Å²) in [6.07, 6.45) is 6.04. The fourth-order valence-corrected chi connectivity index (χ4v) is 2.87. The van der Waals surface area contributed by atoms with Gasteiger partial charge in [-0.3, -0.25) is 4.79 Å². The molecule has 0 fully saturated rings. The van der Waals surface area contributed by atoms with Crippen LogP contribution >= 0.6 is 0 Å². The van der Waals surface area contributed by atoms with Crippen molar-refractivity contribution in [3.05, 3.63) is 0 Å². The maximum Gasteiger partial charge on any atom is 0.220 e. The number of carbonyl (C=O) groups excluding carboxylic acids is 2. The summed E-state index contributed by atoms with van der Waals surface area (Å²) in [5.41, 5.74) is 0. The largest absolute Gasteiger partial charge is 0.415 e. The van der Waals surface area contributed by atoms with Crippen molar-refractivity contribution in [2.75, 3.05) is 6.61 Å². The maximum absolute atomic E-state index is 11.9. The van der Waals surface area contributed by atoms with Crippen LogP contribution in [0, 0.1) is 0 Å². The van der Waals surface area contributed by atoms with Crippen LogP contribution in [0.25, 0.3) is 0 Å². The quantitative estimate of drug-likeness (QED) is 0.353. The van der Waals surface area contributed by atoms with Crippen LogP contribution in [0.5, 0.6) is 0 Å². The third-order valence-electron chi connectivity index (χ3n) is 4.45. The zero-order valence-corrected chi connectivity index (χ0v) is 16.3. The van der Waals surface area contributed by atoms with Gasteiger partial charge in [0, 0.05) is 12.8 Å². The van der Waals surface area contributed by atoms with E-state index in [4.69, 9.17) is 4.43 Å². The summed E-state index contributed by atoms with van der Waals surface area (Å²) in [5.74, 6) is 0.0294. The molecule has 0 rings (SSSR count). The molecular formula is C17H35NO3Si. The van der Waals surface area contributed by atoms with Crippen LogP contribution < -0.4 is 5.32 Å². The first-order valence-corrected chi connectivity index (χ1v) is 11.4. The van der Waals surface area contributed by atoms with E-state index in [2.05, 4.69) is 46.1 Å². The SMILES string of the molecule is CCCCCCC(=O)N[C@@H](CC=O)CO[Si](C)(C)C(C)(C)C. The van der Waals surface area contributed by atoms with Gasteiger partial charge in [-0.05, 0) is 24.6 Å². The number of carbonyl (C=O) groups is 2. The van der Waals surface area contributed by atoms with Gasteiger partial charge in [0.25, 0.3) is 0 Å². The average Bonchev–Trinajstić information content (AvgIpc) is 2.40. The van der Waals surface area contributed by atoms with E-state index in [0.717, 1.165) is 25.5 Å². The van der Waals surface area contributed by atoms with Crippen LogP contribution in [0.1, 0.15) is 66.2 Å². The molecule has 0 saturated heterocycles. The van der Waals surface area contributed by atoms with Crippen LogP contribution in [-0.2, 0) is 14.0 Å². The number of hydrogen-bond acceptors (Lipinski definition) is 3. The Hall–Kier alpha value is -0.683. The Balaban J connectivity index is 4.31. The molecule has 0 unspecified atom stereocenters. The van der Waals surface area contributed by atoms with Gasteiger partial charge >= 0.3 is 0 Å². The average molecular weight is 330 g/mol. The Labute approximate surface area is 137 Å². The molecule has 0 heterocycles. The lowest BCUT2D eigenvalue weighted by Gasteiger charge is -2.37. The molecule has 1 N–H and O–H groups in total. The van der Waals surface area contributed by atoms with Crippen molar-refractivity contribution in [2.24, 2.45) is 0 Å². The number of aldehydes is 1. The van der Waals surface area contributed by atoms with Gasteiger partial charge in [-0.2, -0.15) is 0 Å². The van der Waals surface area contributed by atoms with Crippen LogP contribution in [0.2, 0.25) is 18.1 Å². The lowest BCUT2D eigenvalue weighted by molar-refractivity contribution is -0.122. The summed E-state index contributed by atoms with van der Waals surface area (Å²) in [7, 11) is -1.85. The molecule has 0 aliphatic heterocycles. The lowest BCUT2D eigenvalue weighted by Crippen LogP contribution is -2.46. The van der Waals surface area contributed by atoms with E-state index in [-0.39, 0.29) is 17.0 Å². The first kappa shape index (κ1) is 21.3. The molecule has 4 nitrogen and oxygen atoms in total. The number of hydrogen-bond donors (Lipinski definition) is 1. The number of nitrogens with one attached hydrogen (secondary N) is 1. The van der Waals surface area contributed by atoms with Crippen molar-refractivity contribution in [2.45, 2.75) is 90.4 Å². The Morgan fingerprint density at radius 2 is 1.86 bits per heavy atom. The van der Waals surface area contributed by atoms with Crippen LogP contribution in [0.15, 0.2) is 0 Å². The minimum Gasteiger partial charge on any atom is -0.415 e. The highest BCUT2D eigenvalue weighted by Gasteiger charge is 2.37. The fourth-order valence-electron chi connectivity index (χ4n) is 1.82. The van der Waals surface area contributed by atoms with E-state index in [9.17, 15) is 9.59 Å². The molecule has 0 saturated carbocycles. The van der Waals surface area contributed by atoms with Gasteiger partial charge in [0.2, 0.25) is 5.91 Å². The zero-order chi connectivity index (χ0) is 17.2. The van der Waals surface area contributed by atoms with Crippen LogP contribution in [0.3, 0.4) is 0 Å². The van der Waals surface area contributed by atoms with Gasteiger partial charge < -0.3 is 14.5 Å². The lowest BCUT2D eigenvalue weighted by atomic mass is 10.1. The van der Waals surface area contributed by atoms with Gasteiger partial charge in [-0.15, -0.1) is 0 Å². The number of amides is 1. The molecule has 0 bridgehead atoms. The topological polar surface area (TPSA) is 55.4 Å². The summed E-state index contributed by atoms with van der Waals surface area (Å²) in [6, 6.07) is -0.203. The van der Waals surface area contributed by atoms with Gasteiger partial charge in [-0.25, -0.2) is 0 Å². The smallest absolute Gasteiger partial charge is 0.220 e. The van der Waals surface area contributed by atoms with Gasteiger partial charge in [0.1, 0.15) is 6.29 Å². The van der Waals surface area contributed by atoms with Crippen molar-refractivity contribution < 1.29 is 14.0 Å². The number of rotatable bonds is 11. The summed E-state index contributed by atoms with van der Waals surface area (Å²) < 4.78 is 6.12. The second-order valence-electron chi connectivity index (χ2n) is 7.55. The van der Waals surface area contributed by atoms with Crippen LogP contribution in [0.4, 0.5) is 0 Å². The predicted molar refractivity (Wildman–Crippen MR) is 94.5 cm³/mol. The first-order chi connectivity index (χ1) is 10.1. The first-order valence-electron chi connectivity index (χ1n) is 8.51. The van der Waals surface area contributed by atoms with E-state index in [1.807, 2.05) is 0 Å². The van der Waals surface area contributed by atoms with E-state index in [1.165, 1.54) is 6.42 Å². The van der Waals surface area contributed by atoms with E-state index in [0.29, 0.717) is 19.4 Å². The Bertz CT molecular complexity index is 337. The molecule has 0 aromatic carbocycles. The predicted octanol–water partition coefficient (Wildman–Crippen LogP) is 4.05. The molecule has 0 aliphatic carbocycles. The Morgan fingerprint density at radius 3 is 2.36 bits per heavy atom. The third-order valence-corrected chi connectivity index (χ3v) is 8.96. The van der Waals surface area contributed by atoms with Crippen LogP contribution in [-0.4, -0.2) is 33.2 Å². The normalized spacial score (nSPS) is 13.7. The highest BCUT2D eigenvalue weighted by atomic mass is 28.4. The van der Waals surface area contributed by atoms with Gasteiger partial charge in [0.15, 0.2) is 8.32 Å². The second-order valence-corrected chi connectivity index (χ2v) is 12.4. The van der Waals surface area contributed by atoms with Gasteiger partial charge in [0.05, 0.1) is 12.6 Å². The summed E-state index contributed by atoms with van der Waals surface area (Å²) in [6.45, 7) is 13.5. The van der Waals surface area contributed by atoms with Gasteiger partial charge in [-0.1, -0.05) is 47.0 Å². The number of unbranched alkanes of at least 4 members (excludes halogenated alkanes) is 3. The summed E-state index contributed by atoms with van der Waals surface area (Å²) in [4.78, 5) is 22.8. The Kier molecular flexibility index (Phi) is 9.84. The maximum atomic E-state index is 11.9. The molecule has 1 amide bonds. The van der Waals surface area contributed by atoms with Crippen molar-refractivity contribution in [3.8, 4) is 0 Å². The molecule has 1 atom stereocenters. The highest BCUT2D eigenvalue weighted by Crippen LogP contribution is 2.36. The van der Waals surface area contributed by atoms with Crippen molar-refractivity contribution in [3.63, 3.8) is 0 Å².